The molecule has 0 aliphatic rings. The van der Waals surface area contributed by atoms with E-state index in [0.29, 0.717) is 5.75 Å². The molecule has 82 valence electrons. The fourth-order valence-electron chi connectivity index (χ4n) is 1.06. The van der Waals surface area contributed by atoms with Crippen molar-refractivity contribution in [3.8, 4) is 5.75 Å². The van der Waals surface area contributed by atoms with Gasteiger partial charge in [0, 0.05) is 0 Å². The molecule has 15 heavy (non-hydrogen) atoms. The van der Waals surface area contributed by atoms with Crippen molar-refractivity contribution < 1.29 is 18.3 Å². The lowest BCUT2D eigenvalue weighted by molar-refractivity contribution is -0.134. The molecule has 0 aliphatic heterocycles. The number of carbonyl (C=O) groups excluding carboxylic acids is 1. The van der Waals surface area contributed by atoms with Gasteiger partial charge in [0.1, 0.15) is 5.75 Å². The van der Waals surface area contributed by atoms with Crippen molar-refractivity contribution in [2.24, 2.45) is 0 Å². The maximum atomic E-state index is 11.4. The first-order chi connectivity index (χ1) is 7.15. The molecule has 1 aromatic rings. The van der Waals surface area contributed by atoms with E-state index in [1.54, 1.807) is 37.3 Å². The molecule has 0 spiro atoms. The molecule has 0 saturated carbocycles. The lowest BCUT2D eigenvalue weighted by Crippen LogP contribution is -2.29. The lowest BCUT2D eigenvalue weighted by atomic mass is 10.3. The minimum Gasteiger partial charge on any atom is -0.426 e. The van der Waals surface area contributed by atoms with Crippen LogP contribution in [0.1, 0.15) is 13.3 Å². The first-order valence-corrected chi connectivity index (χ1v) is 5.68. The van der Waals surface area contributed by atoms with Crippen molar-refractivity contribution in [2.75, 3.05) is 0 Å². The molecule has 0 bridgehead atoms. The van der Waals surface area contributed by atoms with Gasteiger partial charge in [-0.25, -0.2) is 4.21 Å². The highest BCUT2D eigenvalue weighted by Gasteiger charge is 2.24. The molecule has 2 unspecified atom stereocenters. The summed E-state index contributed by atoms with van der Waals surface area (Å²) in [7, 11) is 0. The summed E-state index contributed by atoms with van der Waals surface area (Å²) in [5, 5.41) is -0.981. The zero-order valence-corrected chi connectivity index (χ0v) is 9.07. The number of benzene rings is 1. The van der Waals surface area contributed by atoms with Crippen LogP contribution in [-0.4, -0.2) is 20.0 Å². The average molecular weight is 228 g/mol. The van der Waals surface area contributed by atoms with Crippen molar-refractivity contribution >= 4 is 17.0 Å². The summed E-state index contributed by atoms with van der Waals surface area (Å²) in [6.45, 7) is 1.66. The van der Waals surface area contributed by atoms with Gasteiger partial charge in [-0.15, -0.1) is 0 Å². The Balaban J connectivity index is 2.66. The molecule has 0 aromatic heterocycles. The zero-order chi connectivity index (χ0) is 11.3. The van der Waals surface area contributed by atoms with Crippen LogP contribution in [0.3, 0.4) is 0 Å². The highest BCUT2D eigenvalue weighted by Crippen LogP contribution is 2.11. The third-order valence-corrected chi connectivity index (χ3v) is 2.85. The van der Waals surface area contributed by atoms with Crippen molar-refractivity contribution in [2.45, 2.75) is 18.6 Å². The Morgan fingerprint density at radius 2 is 2.07 bits per heavy atom. The van der Waals surface area contributed by atoms with Gasteiger partial charge in [-0.2, -0.15) is 0 Å². The number of para-hydroxylation sites is 1. The van der Waals surface area contributed by atoms with E-state index in [1.165, 1.54) is 0 Å². The quantitative estimate of drug-likeness (QED) is 0.483. The van der Waals surface area contributed by atoms with Crippen LogP contribution >= 0.6 is 0 Å². The number of carbonyl (C=O) groups is 1. The molecule has 4 nitrogen and oxygen atoms in total. The van der Waals surface area contributed by atoms with Gasteiger partial charge < -0.3 is 9.29 Å². The van der Waals surface area contributed by atoms with E-state index in [2.05, 4.69) is 0 Å². The Morgan fingerprint density at radius 3 is 2.53 bits per heavy atom. The molecule has 0 aliphatic carbocycles. The lowest BCUT2D eigenvalue weighted by Gasteiger charge is -2.09. The van der Waals surface area contributed by atoms with E-state index in [4.69, 9.17) is 9.29 Å². The van der Waals surface area contributed by atoms with Gasteiger partial charge in [0.25, 0.3) is 0 Å². The third-order valence-electron chi connectivity index (χ3n) is 1.84. The molecule has 0 heterocycles. The summed E-state index contributed by atoms with van der Waals surface area (Å²) >= 11 is -2.18. The van der Waals surface area contributed by atoms with E-state index in [-0.39, 0.29) is 6.42 Å². The SMILES string of the molecule is CCC(C(=O)Oc1ccccc1)S(=O)O. The number of esters is 1. The maximum Gasteiger partial charge on any atom is 0.329 e. The molecule has 2 atom stereocenters. The summed E-state index contributed by atoms with van der Waals surface area (Å²) in [5.41, 5.74) is 0. The van der Waals surface area contributed by atoms with Crippen LogP contribution in [-0.2, 0) is 15.9 Å². The first-order valence-electron chi connectivity index (χ1n) is 4.51. The smallest absolute Gasteiger partial charge is 0.329 e. The van der Waals surface area contributed by atoms with E-state index >= 15 is 0 Å². The molecule has 5 heteroatoms. The summed E-state index contributed by atoms with van der Waals surface area (Å²) in [4.78, 5) is 11.4. The number of hydrogen-bond donors (Lipinski definition) is 1. The Hall–Kier alpha value is -1.20. The Labute approximate surface area is 90.5 Å². The van der Waals surface area contributed by atoms with Gasteiger partial charge in [0.05, 0.1) is 0 Å². The summed E-state index contributed by atoms with van der Waals surface area (Å²) in [5.74, 6) is -0.295. The minimum absolute atomic E-state index is 0.273. The van der Waals surface area contributed by atoms with Gasteiger partial charge in [-0.1, -0.05) is 25.1 Å². The summed E-state index contributed by atoms with van der Waals surface area (Å²) in [6, 6.07) is 8.47. The average Bonchev–Trinajstić information content (AvgIpc) is 2.19. The topological polar surface area (TPSA) is 63.6 Å². The molecule has 0 fully saturated rings. The monoisotopic (exact) mass is 228 g/mol. The molecule has 0 amide bonds. The summed E-state index contributed by atoms with van der Waals surface area (Å²) < 4.78 is 24.5. The molecule has 0 radical (unpaired) electrons. The normalized spacial score (nSPS) is 14.3. The van der Waals surface area contributed by atoms with Crippen molar-refractivity contribution in [3.63, 3.8) is 0 Å². The van der Waals surface area contributed by atoms with Crippen LogP contribution in [0.2, 0.25) is 0 Å². The zero-order valence-electron chi connectivity index (χ0n) is 8.25. The third kappa shape index (κ3) is 3.45. The van der Waals surface area contributed by atoms with E-state index in [1.807, 2.05) is 0 Å². The van der Waals surface area contributed by atoms with Gasteiger partial charge in [-0.05, 0) is 18.6 Å². The van der Waals surface area contributed by atoms with Gasteiger partial charge in [0.15, 0.2) is 16.3 Å². The molecule has 1 rings (SSSR count). The predicted octanol–water partition coefficient (Wildman–Crippen LogP) is 1.59. The van der Waals surface area contributed by atoms with Gasteiger partial charge in [-0.3, -0.25) is 4.79 Å². The first kappa shape index (κ1) is 11.9. The van der Waals surface area contributed by atoms with Gasteiger partial charge in [0.2, 0.25) is 0 Å². The fourth-order valence-corrected chi connectivity index (χ4v) is 1.56. The van der Waals surface area contributed by atoms with Crippen LogP contribution in [0, 0.1) is 0 Å². The second-order valence-electron chi connectivity index (χ2n) is 2.91. The molecule has 0 saturated heterocycles. The predicted molar refractivity (Wildman–Crippen MR) is 56.9 cm³/mol. The van der Waals surface area contributed by atoms with Crippen LogP contribution in [0.15, 0.2) is 30.3 Å². The largest absolute Gasteiger partial charge is 0.426 e. The number of hydrogen-bond acceptors (Lipinski definition) is 3. The van der Waals surface area contributed by atoms with Crippen molar-refractivity contribution in [1.82, 2.24) is 0 Å². The maximum absolute atomic E-state index is 11.4. The Kier molecular flexibility index (Phi) is 4.45. The van der Waals surface area contributed by atoms with Crippen LogP contribution < -0.4 is 4.74 Å². The molecule has 1 aromatic carbocycles. The minimum atomic E-state index is -2.18. The van der Waals surface area contributed by atoms with Gasteiger partial charge >= 0.3 is 5.97 Å². The Morgan fingerprint density at radius 1 is 1.47 bits per heavy atom. The van der Waals surface area contributed by atoms with Crippen LogP contribution in [0.4, 0.5) is 0 Å². The number of rotatable bonds is 4. The molecule has 1 N–H and O–H groups in total. The van der Waals surface area contributed by atoms with Crippen molar-refractivity contribution in [1.29, 1.82) is 0 Å². The van der Waals surface area contributed by atoms with E-state index < -0.39 is 22.3 Å². The van der Waals surface area contributed by atoms with Crippen LogP contribution in [0.25, 0.3) is 0 Å². The highest BCUT2D eigenvalue weighted by atomic mass is 32.2. The summed E-state index contributed by atoms with van der Waals surface area (Å²) in [6.07, 6.45) is 0.273. The second kappa shape index (κ2) is 5.63. The highest BCUT2D eigenvalue weighted by molar-refractivity contribution is 7.80. The standard InChI is InChI=1S/C10H12O4S/c1-2-9(15(12)13)10(11)14-8-6-4-3-5-7-8/h3-7,9H,2H2,1H3,(H,12,13). The van der Waals surface area contributed by atoms with Crippen molar-refractivity contribution in [3.05, 3.63) is 30.3 Å². The fraction of sp³-hybridized carbons (Fsp3) is 0.300. The number of ether oxygens (including phenoxy) is 1. The molecular formula is C10H12O4S. The van der Waals surface area contributed by atoms with E-state index in [0.717, 1.165) is 0 Å². The Bertz CT molecular complexity index is 350. The molecular weight excluding hydrogens is 216 g/mol. The van der Waals surface area contributed by atoms with E-state index in [9.17, 15) is 9.00 Å². The van der Waals surface area contributed by atoms with Crippen LogP contribution in [0.5, 0.6) is 5.75 Å². The second-order valence-corrected chi connectivity index (χ2v) is 4.03.